The zero-order valence-corrected chi connectivity index (χ0v) is 15.0. The molecule has 4 rings (SSSR count). The van der Waals surface area contributed by atoms with Crippen LogP contribution in [0, 0.1) is 12.8 Å². The molecule has 1 aliphatic rings. The average molecular weight is 348 g/mol. The number of aromatic nitrogens is 2. The number of imidazole rings is 1. The molecule has 2 aromatic carbocycles. The first kappa shape index (κ1) is 16.6. The molecule has 26 heavy (non-hydrogen) atoms. The maximum Gasteiger partial charge on any atom is 0.225 e. The van der Waals surface area contributed by atoms with Crippen molar-refractivity contribution >= 4 is 22.9 Å². The third-order valence-corrected chi connectivity index (χ3v) is 5.02. The number of piperidine rings is 1. The van der Waals surface area contributed by atoms with Crippen molar-refractivity contribution in [1.82, 2.24) is 15.3 Å². The lowest BCUT2D eigenvalue weighted by atomic mass is 9.97. The van der Waals surface area contributed by atoms with Crippen molar-refractivity contribution in [2.45, 2.75) is 26.3 Å². The maximum absolute atomic E-state index is 12.6. The van der Waals surface area contributed by atoms with Crippen molar-refractivity contribution in [2.75, 3.05) is 18.0 Å². The quantitative estimate of drug-likeness (QED) is 0.760. The van der Waals surface area contributed by atoms with E-state index in [4.69, 9.17) is 0 Å². The lowest BCUT2D eigenvalue weighted by molar-refractivity contribution is -0.125. The number of hydrogen-bond acceptors (Lipinski definition) is 3. The molecule has 1 amide bonds. The number of hydrogen-bond donors (Lipinski definition) is 2. The predicted octanol–water partition coefficient (Wildman–Crippen LogP) is 3.40. The van der Waals surface area contributed by atoms with Crippen molar-refractivity contribution < 1.29 is 4.79 Å². The molecular weight excluding hydrogens is 324 g/mol. The molecule has 3 aromatic rings. The molecule has 1 aromatic heterocycles. The maximum atomic E-state index is 12.6. The minimum atomic E-state index is 0.00164. The van der Waals surface area contributed by atoms with Gasteiger partial charge in [0.1, 0.15) is 0 Å². The van der Waals surface area contributed by atoms with Crippen LogP contribution in [0.15, 0.2) is 48.5 Å². The van der Waals surface area contributed by atoms with Crippen LogP contribution in [0.2, 0.25) is 0 Å². The van der Waals surface area contributed by atoms with E-state index >= 15 is 0 Å². The topological polar surface area (TPSA) is 61.0 Å². The van der Waals surface area contributed by atoms with E-state index in [1.165, 1.54) is 5.56 Å². The Balaban J connectivity index is 1.40. The molecule has 1 unspecified atom stereocenters. The van der Waals surface area contributed by atoms with Gasteiger partial charge in [-0.15, -0.1) is 0 Å². The Morgan fingerprint density at radius 3 is 3.00 bits per heavy atom. The van der Waals surface area contributed by atoms with E-state index < -0.39 is 0 Å². The summed E-state index contributed by atoms with van der Waals surface area (Å²) in [5, 5.41) is 3.10. The average Bonchev–Trinajstić information content (AvgIpc) is 3.10. The van der Waals surface area contributed by atoms with Gasteiger partial charge in [-0.1, -0.05) is 42.0 Å². The fourth-order valence-corrected chi connectivity index (χ4v) is 3.63. The molecule has 0 aliphatic carbocycles. The van der Waals surface area contributed by atoms with Gasteiger partial charge in [-0.2, -0.15) is 0 Å². The van der Waals surface area contributed by atoms with Gasteiger partial charge in [0, 0.05) is 19.6 Å². The monoisotopic (exact) mass is 348 g/mol. The molecule has 1 atom stereocenters. The number of rotatable bonds is 4. The summed E-state index contributed by atoms with van der Waals surface area (Å²) in [4.78, 5) is 22.9. The molecule has 2 heterocycles. The summed E-state index contributed by atoms with van der Waals surface area (Å²) in [6.07, 6.45) is 1.93. The summed E-state index contributed by atoms with van der Waals surface area (Å²) in [7, 11) is 0. The number of aryl methyl sites for hydroxylation is 1. The van der Waals surface area contributed by atoms with Gasteiger partial charge in [-0.25, -0.2) is 4.98 Å². The Labute approximate surface area is 153 Å². The number of benzene rings is 2. The number of amides is 1. The summed E-state index contributed by atoms with van der Waals surface area (Å²) in [5.41, 5.74) is 4.36. The predicted molar refractivity (Wildman–Crippen MR) is 104 cm³/mol. The Hall–Kier alpha value is -2.82. The van der Waals surface area contributed by atoms with Gasteiger partial charge in [0.2, 0.25) is 11.9 Å². The van der Waals surface area contributed by atoms with Crippen molar-refractivity contribution in [3.63, 3.8) is 0 Å². The second kappa shape index (κ2) is 7.20. The third kappa shape index (κ3) is 3.57. The van der Waals surface area contributed by atoms with Crippen LogP contribution in [0.3, 0.4) is 0 Å². The Morgan fingerprint density at radius 2 is 2.15 bits per heavy atom. The lowest BCUT2D eigenvalue weighted by Crippen LogP contribution is -2.43. The van der Waals surface area contributed by atoms with E-state index in [9.17, 15) is 4.79 Å². The van der Waals surface area contributed by atoms with Gasteiger partial charge in [0.15, 0.2) is 0 Å². The standard InChI is InChI=1S/C21H24N4O/c1-15-6-4-7-16(12-15)13-22-20(26)17-8-5-11-25(14-17)21-23-18-9-2-3-10-19(18)24-21/h2-4,6-7,9-10,12,17H,5,8,11,13-14H2,1H3,(H,22,26)(H,23,24). The molecule has 134 valence electrons. The number of H-pyrrole nitrogens is 1. The van der Waals surface area contributed by atoms with Crippen molar-refractivity contribution in [3.8, 4) is 0 Å². The molecule has 0 saturated carbocycles. The highest BCUT2D eigenvalue weighted by atomic mass is 16.1. The number of nitrogens with zero attached hydrogens (tertiary/aromatic N) is 2. The number of fused-ring (bicyclic) bond motifs is 1. The molecule has 5 heteroatoms. The highest BCUT2D eigenvalue weighted by molar-refractivity contribution is 5.80. The zero-order valence-electron chi connectivity index (χ0n) is 15.0. The molecule has 5 nitrogen and oxygen atoms in total. The van der Waals surface area contributed by atoms with Gasteiger partial charge in [-0.05, 0) is 37.5 Å². The first-order valence-electron chi connectivity index (χ1n) is 9.22. The molecular formula is C21H24N4O. The fourth-order valence-electron chi connectivity index (χ4n) is 3.63. The van der Waals surface area contributed by atoms with E-state index in [0.717, 1.165) is 41.9 Å². The summed E-state index contributed by atoms with van der Waals surface area (Å²) in [6.45, 7) is 4.29. The summed E-state index contributed by atoms with van der Waals surface area (Å²) >= 11 is 0. The normalized spacial score (nSPS) is 17.4. The van der Waals surface area contributed by atoms with Crippen LogP contribution in [-0.4, -0.2) is 29.0 Å². The fraction of sp³-hybridized carbons (Fsp3) is 0.333. The van der Waals surface area contributed by atoms with Crippen molar-refractivity contribution in [3.05, 3.63) is 59.7 Å². The molecule has 2 N–H and O–H groups in total. The largest absolute Gasteiger partial charge is 0.352 e. The summed E-state index contributed by atoms with van der Waals surface area (Å²) in [6, 6.07) is 16.3. The Bertz CT molecular complexity index is 884. The number of carbonyl (C=O) groups is 1. The highest BCUT2D eigenvalue weighted by Crippen LogP contribution is 2.23. The summed E-state index contributed by atoms with van der Waals surface area (Å²) in [5.74, 6) is 0.997. The van der Waals surface area contributed by atoms with Gasteiger partial charge >= 0.3 is 0 Å². The Kier molecular flexibility index (Phi) is 4.61. The van der Waals surface area contributed by atoms with Crippen LogP contribution in [0.4, 0.5) is 5.95 Å². The lowest BCUT2D eigenvalue weighted by Gasteiger charge is -2.31. The first-order chi connectivity index (χ1) is 12.7. The van der Waals surface area contributed by atoms with E-state index in [2.05, 4.69) is 45.3 Å². The number of aromatic amines is 1. The Morgan fingerprint density at radius 1 is 1.27 bits per heavy atom. The van der Waals surface area contributed by atoms with E-state index in [1.807, 2.05) is 30.3 Å². The van der Waals surface area contributed by atoms with Crippen molar-refractivity contribution in [1.29, 1.82) is 0 Å². The number of nitrogens with one attached hydrogen (secondary N) is 2. The minimum absolute atomic E-state index is 0.00164. The number of anilines is 1. The van der Waals surface area contributed by atoms with Crippen LogP contribution in [-0.2, 0) is 11.3 Å². The van der Waals surface area contributed by atoms with Crippen molar-refractivity contribution in [2.24, 2.45) is 5.92 Å². The van der Waals surface area contributed by atoms with Gasteiger partial charge in [0.05, 0.1) is 17.0 Å². The van der Waals surface area contributed by atoms with Crippen LogP contribution in [0.1, 0.15) is 24.0 Å². The summed E-state index contributed by atoms with van der Waals surface area (Å²) < 4.78 is 0. The molecule has 0 bridgehead atoms. The number of carbonyl (C=O) groups excluding carboxylic acids is 1. The van der Waals surface area contributed by atoms with Gasteiger partial charge in [-0.3, -0.25) is 4.79 Å². The highest BCUT2D eigenvalue weighted by Gasteiger charge is 2.27. The van der Waals surface area contributed by atoms with E-state index in [1.54, 1.807) is 0 Å². The van der Waals surface area contributed by atoms with Crippen LogP contribution >= 0.6 is 0 Å². The molecule has 1 fully saturated rings. The van der Waals surface area contributed by atoms with Gasteiger partial charge in [0.25, 0.3) is 0 Å². The van der Waals surface area contributed by atoms with Crippen LogP contribution < -0.4 is 10.2 Å². The van der Waals surface area contributed by atoms with Crippen LogP contribution in [0.25, 0.3) is 11.0 Å². The van der Waals surface area contributed by atoms with Crippen LogP contribution in [0.5, 0.6) is 0 Å². The third-order valence-electron chi connectivity index (χ3n) is 5.02. The smallest absolute Gasteiger partial charge is 0.225 e. The molecule has 0 spiro atoms. The number of para-hydroxylation sites is 2. The molecule has 1 saturated heterocycles. The molecule has 1 aliphatic heterocycles. The first-order valence-corrected chi connectivity index (χ1v) is 9.22. The minimum Gasteiger partial charge on any atom is -0.352 e. The second-order valence-corrected chi connectivity index (χ2v) is 7.07. The van der Waals surface area contributed by atoms with Gasteiger partial charge < -0.3 is 15.2 Å². The zero-order chi connectivity index (χ0) is 17.9. The van der Waals surface area contributed by atoms with E-state index in [-0.39, 0.29) is 11.8 Å². The SMILES string of the molecule is Cc1cccc(CNC(=O)C2CCCN(c3nc4ccccc4[nH]3)C2)c1. The molecule has 0 radical (unpaired) electrons. The van der Waals surface area contributed by atoms with E-state index in [0.29, 0.717) is 13.1 Å². The second-order valence-electron chi connectivity index (χ2n) is 7.07.